The van der Waals surface area contributed by atoms with E-state index < -0.39 is 0 Å². The summed E-state index contributed by atoms with van der Waals surface area (Å²) in [7, 11) is 0. The number of hydrogen-bond acceptors (Lipinski definition) is 3. The van der Waals surface area contributed by atoms with E-state index in [1.54, 1.807) is 12.5 Å². The van der Waals surface area contributed by atoms with Crippen molar-refractivity contribution in [3.63, 3.8) is 0 Å². The fraction of sp³-hybridized carbons (Fsp3) is 0.190. The summed E-state index contributed by atoms with van der Waals surface area (Å²) >= 11 is 0. The number of hydrogen-bond donors (Lipinski definition) is 1. The quantitative estimate of drug-likeness (QED) is 0.788. The van der Waals surface area contributed by atoms with Crippen molar-refractivity contribution in [2.24, 2.45) is 0 Å². The third-order valence-corrected chi connectivity index (χ3v) is 4.72. The first-order chi connectivity index (χ1) is 12.7. The molecule has 3 aromatic rings. The molecule has 0 bridgehead atoms. The fourth-order valence-corrected chi connectivity index (χ4v) is 3.16. The molecule has 0 radical (unpaired) electrons. The Labute approximate surface area is 152 Å². The average molecular weight is 344 g/mol. The second-order valence-corrected chi connectivity index (χ2v) is 6.46. The molecule has 0 fully saturated rings. The zero-order chi connectivity index (χ0) is 17.9. The topological polar surface area (TPSA) is 61.9 Å². The molecule has 4 rings (SSSR count). The number of carbonyl (C=O) groups excluding carboxylic acids is 1. The van der Waals surface area contributed by atoms with Gasteiger partial charge in [0.25, 0.3) is 5.91 Å². The van der Waals surface area contributed by atoms with Crippen LogP contribution >= 0.6 is 0 Å². The van der Waals surface area contributed by atoms with Gasteiger partial charge >= 0.3 is 0 Å². The highest BCUT2D eigenvalue weighted by atomic mass is 16.2. The van der Waals surface area contributed by atoms with Crippen LogP contribution in [0.15, 0.2) is 61.2 Å². The number of aromatic nitrogens is 3. The van der Waals surface area contributed by atoms with Crippen molar-refractivity contribution in [2.45, 2.75) is 13.3 Å². The molecule has 5 nitrogen and oxygen atoms in total. The lowest BCUT2D eigenvalue weighted by Crippen LogP contribution is -2.34. The lowest BCUT2D eigenvalue weighted by Gasteiger charge is -2.26. The Bertz CT molecular complexity index is 925. The van der Waals surface area contributed by atoms with Gasteiger partial charge < -0.3 is 9.88 Å². The van der Waals surface area contributed by atoms with Crippen LogP contribution in [0.25, 0.3) is 16.8 Å². The Morgan fingerprint density at radius 2 is 1.88 bits per heavy atom. The van der Waals surface area contributed by atoms with Gasteiger partial charge in [0.2, 0.25) is 0 Å². The monoisotopic (exact) mass is 344 g/mol. The van der Waals surface area contributed by atoms with Gasteiger partial charge in [-0.1, -0.05) is 24.3 Å². The molecule has 1 N–H and O–H groups in total. The summed E-state index contributed by atoms with van der Waals surface area (Å²) in [6.45, 7) is 3.34. The second kappa shape index (κ2) is 6.96. The molecule has 2 aromatic heterocycles. The smallest absolute Gasteiger partial charge is 0.254 e. The van der Waals surface area contributed by atoms with Crippen LogP contribution < -0.4 is 0 Å². The summed E-state index contributed by atoms with van der Waals surface area (Å²) in [6, 6.07) is 11.8. The van der Waals surface area contributed by atoms with Crippen molar-refractivity contribution in [1.29, 1.82) is 0 Å². The van der Waals surface area contributed by atoms with Gasteiger partial charge in [0.15, 0.2) is 0 Å². The lowest BCUT2D eigenvalue weighted by molar-refractivity contribution is 0.0773. The molecule has 26 heavy (non-hydrogen) atoms. The van der Waals surface area contributed by atoms with E-state index in [1.165, 1.54) is 5.57 Å². The Morgan fingerprint density at radius 3 is 2.50 bits per heavy atom. The molecule has 1 aliphatic rings. The SMILES string of the molecule is Cc1ccc(C2=CCN(C(=O)c3ccc(-c4cnc[nH]4)cc3)CC2)cn1. The number of nitrogens with zero attached hydrogens (tertiary/aromatic N) is 3. The maximum Gasteiger partial charge on any atom is 0.254 e. The van der Waals surface area contributed by atoms with Crippen LogP contribution in [0.2, 0.25) is 0 Å². The minimum absolute atomic E-state index is 0.0680. The Hall–Kier alpha value is -3.21. The van der Waals surface area contributed by atoms with Crippen LogP contribution in [0.3, 0.4) is 0 Å². The molecular formula is C21H20N4O. The first-order valence-electron chi connectivity index (χ1n) is 8.71. The van der Waals surface area contributed by atoms with Gasteiger partial charge in [-0.2, -0.15) is 0 Å². The molecular weight excluding hydrogens is 324 g/mol. The van der Waals surface area contributed by atoms with Crippen LogP contribution in [0.5, 0.6) is 0 Å². The first kappa shape index (κ1) is 16.3. The molecule has 1 aromatic carbocycles. The van der Waals surface area contributed by atoms with Crippen molar-refractivity contribution in [2.75, 3.05) is 13.1 Å². The number of aromatic amines is 1. The van der Waals surface area contributed by atoms with Crippen LogP contribution in [0.4, 0.5) is 0 Å². The lowest BCUT2D eigenvalue weighted by atomic mass is 10.00. The fourth-order valence-electron chi connectivity index (χ4n) is 3.16. The molecule has 1 aliphatic heterocycles. The van der Waals surface area contributed by atoms with E-state index >= 15 is 0 Å². The van der Waals surface area contributed by atoms with Crippen LogP contribution in [0.1, 0.15) is 28.0 Å². The minimum atomic E-state index is 0.0680. The van der Waals surface area contributed by atoms with E-state index in [4.69, 9.17) is 0 Å². The van der Waals surface area contributed by atoms with E-state index in [-0.39, 0.29) is 5.91 Å². The highest BCUT2D eigenvalue weighted by Crippen LogP contribution is 2.23. The van der Waals surface area contributed by atoms with Gasteiger partial charge in [-0.25, -0.2) is 4.98 Å². The van der Waals surface area contributed by atoms with Crippen molar-refractivity contribution in [3.05, 3.63) is 78.0 Å². The van der Waals surface area contributed by atoms with E-state index in [1.807, 2.05) is 48.4 Å². The molecule has 3 heterocycles. The zero-order valence-corrected chi connectivity index (χ0v) is 14.6. The summed E-state index contributed by atoms with van der Waals surface area (Å²) in [5.74, 6) is 0.0680. The number of imidazole rings is 1. The van der Waals surface area contributed by atoms with Crippen molar-refractivity contribution in [3.8, 4) is 11.3 Å². The number of carbonyl (C=O) groups is 1. The summed E-state index contributed by atoms with van der Waals surface area (Å²) in [5, 5.41) is 0. The number of amides is 1. The van der Waals surface area contributed by atoms with Gasteiger partial charge in [0.05, 0.1) is 18.2 Å². The summed E-state index contributed by atoms with van der Waals surface area (Å²) in [6.07, 6.45) is 8.31. The van der Waals surface area contributed by atoms with Crippen LogP contribution in [-0.4, -0.2) is 38.8 Å². The van der Waals surface area contributed by atoms with Crippen LogP contribution in [0, 0.1) is 6.92 Å². The standard InChI is InChI=1S/C21H20N4O/c1-15-2-3-19(12-23-15)16-8-10-25(11-9-16)21(26)18-6-4-17(5-7-18)20-13-22-14-24-20/h2-8,12-14H,9-11H2,1H3,(H,22,24). The van der Waals surface area contributed by atoms with Gasteiger partial charge in [0, 0.05) is 30.5 Å². The Kier molecular flexibility index (Phi) is 4.35. The van der Waals surface area contributed by atoms with E-state index in [9.17, 15) is 4.79 Å². The highest BCUT2D eigenvalue weighted by Gasteiger charge is 2.19. The number of benzene rings is 1. The first-order valence-corrected chi connectivity index (χ1v) is 8.71. The third-order valence-electron chi connectivity index (χ3n) is 4.72. The maximum absolute atomic E-state index is 12.7. The average Bonchev–Trinajstić information content (AvgIpc) is 3.23. The molecule has 5 heteroatoms. The molecule has 0 atom stereocenters. The molecule has 130 valence electrons. The molecule has 0 unspecified atom stereocenters. The number of aryl methyl sites for hydroxylation is 1. The minimum Gasteiger partial charge on any atom is -0.345 e. The van der Waals surface area contributed by atoms with Crippen LogP contribution in [-0.2, 0) is 0 Å². The molecule has 0 saturated heterocycles. The Morgan fingerprint density at radius 1 is 1.08 bits per heavy atom. The third kappa shape index (κ3) is 3.28. The van der Waals surface area contributed by atoms with Gasteiger partial charge in [-0.05, 0) is 48.2 Å². The largest absolute Gasteiger partial charge is 0.345 e. The number of pyridine rings is 1. The molecule has 0 aliphatic carbocycles. The van der Waals surface area contributed by atoms with Gasteiger partial charge in [0.1, 0.15) is 0 Å². The Balaban J connectivity index is 1.45. The van der Waals surface area contributed by atoms with Crippen molar-refractivity contribution >= 4 is 11.5 Å². The van der Waals surface area contributed by atoms with Gasteiger partial charge in [-0.3, -0.25) is 9.78 Å². The molecule has 1 amide bonds. The summed E-state index contributed by atoms with van der Waals surface area (Å²) in [4.78, 5) is 26.1. The van der Waals surface area contributed by atoms with E-state index in [0.29, 0.717) is 12.1 Å². The summed E-state index contributed by atoms with van der Waals surface area (Å²) < 4.78 is 0. The van der Waals surface area contributed by atoms with Gasteiger partial charge in [-0.15, -0.1) is 0 Å². The number of rotatable bonds is 3. The zero-order valence-electron chi connectivity index (χ0n) is 14.6. The second-order valence-electron chi connectivity index (χ2n) is 6.46. The maximum atomic E-state index is 12.7. The predicted octanol–water partition coefficient (Wildman–Crippen LogP) is 3.71. The normalized spacial score (nSPS) is 14.2. The number of H-pyrrole nitrogens is 1. The number of nitrogens with one attached hydrogen (secondary N) is 1. The molecule has 0 saturated carbocycles. The molecule has 0 spiro atoms. The van der Waals surface area contributed by atoms with Crippen molar-refractivity contribution < 1.29 is 4.79 Å². The van der Waals surface area contributed by atoms with Crippen molar-refractivity contribution in [1.82, 2.24) is 19.9 Å². The predicted molar refractivity (Wildman–Crippen MR) is 101 cm³/mol. The van der Waals surface area contributed by atoms with E-state index in [2.05, 4.69) is 27.1 Å². The highest BCUT2D eigenvalue weighted by molar-refractivity contribution is 5.95. The van der Waals surface area contributed by atoms with E-state index in [0.717, 1.165) is 35.5 Å². The summed E-state index contributed by atoms with van der Waals surface area (Å²) in [5.41, 5.74) is 6.10.